The van der Waals surface area contributed by atoms with Crippen LogP contribution in [0.2, 0.25) is 0 Å². The summed E-state index contributed by atoms with van der Waals surface area (Å²) in [5.41, 5.74) is 16.4. The van der Waals surface area contributed by atoms with Gasteiger partial charge in [-0.15, -0.1) is 11.3 Å². The topological polar surface area (TPSA) is 25.8 Å². The molecule has 9 aromatic rings. The molecule has 1 atom stereocenters. The Morgan fingerprint density at radius 1 is 0.407 bits per heavy atom. The molecule has 2 aliphatic carbocycles. The first-order valence-corrected chi connectivity index (χ1v) is 19.6. The molecule has 256 valence electrons. The molecule has 3 heteroatoms. The van der Waals surface area contributed by atoms with Crippen LogP contribution in [-0.2, 0) is 10.8 Å². The third-order valence-electron chi connectivity index (χ3n) is 12.2. The molecule has 0 amide bonds. The second kappa shape index (κ2) is 11.4. The average molecular weight is 709 g/mol. The van der Waals surface area contributed by atoms with Crippen molar-refractivity contribution in [1.82, 2.24) is 9.97 Å². The fourth-order valence-electron chi connectivity index (χ4n) is 9.33. The minimum atomic E-state index is -0.297. The molecule has 1 unspecified atom stereocenters. The highest BCUT2D eigenvalue weighted by Crippen LogP contribution is 2.53. The molecular formula is C51H36N2S. The number of aromatic nitrogens is 2. The summed E-state index contributed by atoms with van der Waals surface area (Å²) in [7, 11) is 0. The first kappa shape index (κ1) is 31.4. The van der Waals surface area contributed by atoms with Crippen molar-refractivity contribution in [1.29, 1.82) is 0 Å². The molecule has 11 rings (SSSR count). The van der Waals surface area contributed by atoms with E-state index >= 15 is 0 Å². The maximum Gasteiger partial charge on any atom is 0.160 e. The van der Waals surface area contributed by atoms with Gasteiger partial charge in [0.1, 0.15) is 0 Å². The van der Waals surface area contributed by atoms with Gasteiger partial charge < -0.3 is 0 Å². The molecule has 0 spiro atoms. The zero-order valence-corrected chi connectivity index (χ0v) is 31.2. The molecule has 0 saturated carbocycles. The predicted molar refractivity (Wildman–Crippen MR) is 226 cm³/mol. The molecule has 2 nitrogen and oxygen atoms in total. The summed E-state index contributed by atoms with van der Waals surface area (Å²) in [5.74, 6) is 0.739. The Kier molecular flexibility index (Phi) is 6.63. The Balaban J connectivity index is 1.12. The van der Waals surface area contributed by atoms with Crippen molar-refractivity contribution in [3.8, 4) is 56.2 Å². The van der Waals surface area contributed by atoms with Crippen molar-refractivity contribution in [2.45, 2.75) is 31.6 Å². The monoisotopic (exact) mass is 708 g/mol. The SMILES string of the molecule is CC1(C)c2ccccc2-c2ccc(-c3nc(-c4ccc5c(c4)C(C)(c4ccccc4)c4ccccc4-5)cc(-c4ccc5c(c4)sc4ccccc45)n3)cc21. The summed E-state index contributed by atoms with van der Waals surface area (Å²) in [6.07, 6.45) is 0. The number of fused-ring (bicyclic) bond motifs is 9. The summed E-state index contributed by atoms with van der Waals surface area (Å²) in [4.78, 5) is 10.8. The molecule has 0 aliphatic heterocycles. The molecule has 0 fully saturated rings. The molecule has 54 heavy (non-hydrogen) atoms. The summed E-state index contributed by atoms with van der Waals surface area (Å²) in [6.45, 7) is 7.03. The predicted octanol–water partition coefficient (Wildman–Crippen LogP) is 13.5. The smallest absolute Gasteiger partial charge is 0.160 e. The molecule has 2 aliphatic rings. The highest BCUT2D eigenvalue weighted by molar-refractivity contribution is 7.25. The Hall–Kier alpha value is -6.16. The van der Waals surface area contributed by atoms with Gasteiger partial charge in [-0.05, 0) is 87.3 Å². The average Bonchev–Trinajstić information content (AvgIpc) is 3.81. The molecule has 2 aromatic heterocycles. The fourth-order valence-corrected chi connectivity index (χ4v) is 10.5. The molecule has 0 radical (unpaired) electrons. The van der Waals surface area contributed by atoms with E-state index in [0.29, 0.717) is 0 Å². The van der Waals surface area contributed by atoms with Gasteiger partial charge >= 0.3 is 0 Å². The van der Waals surface area contributed by atoms with Gasteiger partial charge in [0.2, 0.25) is 0 Å². The van der Waals surface area contributed by atoms with E-state index in [2.05, 4.69) is 185 Å². The van der Waals surface area contributed by atoms with Gasteiger partial charge in [0, 0.05) is 47.7 Å². The molecule has 0 saturated heterocycles. The van der Waals surface area contributed by atoms with Crippen LogP contribution in [0.3, 0.4) is 0 Å². The third-order valence-corrected chi connectivity index (χ3v) is 13.3. The number of rotatable bonds is 4. The van der Waals surface area contributed by atoms with Crippen LogP contribution in [0.5, 0.6) is 0 Å². The lowest BCUT2D eigenvalue weighted by atomic mass is 9.74. The third kappa shape index (κ3) is 4.45. The second-order valence-electron chi connectivity index (χ2n) is 15.5. The van der Waals surface area contributed by atoms with E-state index < -0.39 is 0 Å². The lowest BCUT2D eigenvalue weighted by Crippen LogP contribution is -2.22. The number of hydrogen-bond acceptors (Lipinski definition) is 3. The Morgan fingerprint density at radius 2 is 0.963 bits per heavy atom. The fraction of sp³-hybridized carbons (Fsp3) is 0.0980. The first-order chi connectivity index (χ1) is 26.4. The van der Waals surface area contributed by atoms with Crippen LogP contribution in [-0.4, -0.2) is 9.97 Å². The van der Waals surface area contributed by atoms with E-state index in [9.17, 15) is 0 Å². The van der Waals surface area contributed by atoms with Crippen LogP contribution in [0.4, 0.5) is 0 Å². The zero-order valence-electron chi connectivity index (χ0n) is 30.4. The Morgan fingerprint density at radius 3 is 1.76 bits per heavy atom. The van der Waals surface area contributed by atoms with E-state index in [-0.39, 0.29) is 10.8 Å². The molecule has 2 heterocycles. The highest BCUT2D eigenvalue weighted by Gasteiger charge is 2.41. The minimum absolute atomic E-state index is 0.120. The Labute approximate surface area is 319 Å². The summed E-state index contributed by atoms with van der Waals surface area (Å²) in [5, 5.41) is 2.59. The number of thiophene rings is 1. The zero-order chi connectivity index (χ0) is 36.2. The van der Waals surface area contributed by atoms with E-state index in [1.165, 1.54) is 70.2 Å². The van der Waals surface area contributed by atoms with Gasteiger partial charge in [-0.25, -0.2) is 9.97 Å². The van der Waals surface area contributed by atoms with Crippen LogP contribution >= 0.6 is 11.3 Å². The van der Waals surface area contributed by atoms with Crippen LogP contribution in [0, 0.1) is 0 Å². The maximum absolute atomic E-state index is 5.41. The molecule has 0 bridgehead atoms. The molecular weight excluding hydrogens is 673 g/mol. The van der Waals surface area contributed by atoms with Crippen LogP contribution < -0.4 is 0 Å². The van der Waals surface area contributed by atoms with Crippen molar-refractivity contribution in [3.05, 3.63) is 192 Å². The van der Waals surface area contributed by atoms with Crippen molar-refractivity contribution >= 4 is 31.5 Å². The lowest BCUT2D eigenvalue weighted by Gasteiger charge is -2.28. The standard InChI is InChI=1S/C51H36N2S/c1-50(2)41-18-10-7-15-35(41)37-25-23-33(28-43(37)50)49-52-45(30-46(53-49)32-22-26-40-39-17-9-12-20-47(39)54-48(40)29-32)31-21-24-38-36-16-8-11-19-42(36)51(3,44(38)27-31)34-13-5-4-6-14-34/h4-30H,1-3H3. The van der Waals surface area contributed by atoms with Crippen LogP contribution in [0.25, 0.3) is 76.3 Å². The van der Waals surface area contributed by atoms with Gasteiger partial charge in [-0.3, -0.25) is 0 Å². The van der Waals surface area contributed by atoms with Gasteiger partial charge in [0.25, 0.3) is 0 Å². The highest BCUT2D eigenvalue weighted by atomic mass is 32.1. The summed E-state index contributed by atoms with van der Waals surface area (Å²) < 4.78 is 2.57. The summed E-state index contributed by atoms with van der Waals surface area (Å²) >= 11 is 1.84. The van der Waals surface area contributed by atoms with E-state index in [1.807, 2.05) is 11.3 Å². The van der Waals surface area contributed by atoms with Gasteiger partial charge in [0.05, 0.1) is 11.4 Å². The number of benzene rings is 7. The molecule has 0 N–H and O–H groups in total. The van der Waals surface area contributed by atoms with Crippen molar-refractivity contribution in [3.63, 3.8) is 0 Å². The largest absolute Gasteiger partial charge is 0.228 e. The quantitative estimate of drug-likeness (QED) is 0.182. The maximum atomic E-state index is 5.41. The van der Waals surface area contributed by atoms with Gasteiger partial charge in [-0.2, -0.15) is 0 Å². The van der Waals surface area contributed by atoms with Crippen molar-refractivity contribution < 1.29 is 0 Å². The lowest BCUT2D eigenvalue weighted by molar-refractivity contribution is 0.660. The normalized spacial score (nSPS) is 16.3. The van der Waals surface area contributed by atoms with Crippen LogP contribution in [0.1, 0.15) is 48.6 Å². The van der Waals surface area contributed by atoms with Crippen molar-refractivity contribution in [2.75, 3.05) is 0 Å². The van der Waals surface area contributed by atoms with Gasteiger partial charge in [-0.1, -0.05) is 147 Å². The van der Waals surface area contributed by atoms with E-state index in [0.717, 1.165) is 33.9 Å². The first-order valence-electron chi connectivity index (χ1n) is 18.7. The van der Waals surface area contributed by atoms with Gasteiger partial charge in [0.15, 0.2) is 5.82 Å². The van der Waals surface area contributed by atoms with Crippen LogP contribution in [0.15, 0.2) is 164 Å². The summed E-state index contributed by atoms with van der Waals surface area (Å²) in [6, 6.07) is 60.0. The number of nitrogens with zero attached hydrogens (tertiary/aromatic N) is 2. The second-order valence-corrected chi connectivity index (χ2v) is 16.6. The van der Waals surface area contributed by atoms with E-state index in [4.69, 9.17) is 9.97 Å². The Bertz CT molecular complexity index is 2990. The molecule has 7 aromatic carbocycles. The minimum Gasteiger partial charge on any atom is -0.228 e. The van der Waals surface area contributed by atoms with Crippen molar-refractivity contribution in [2.24, 2.45) is 0 Å². The number of hydrogen-bond donors (Lipinski definition) is 0. The van der Waals surface area contributed by atoms with E-state index in [1.54, 1.807) is 0 Å².